The molecular formula is C24H27N7O5. The van der Waals surface area contributed by atoms with Crippen LogP contribution in [0.5, 0.6) is 23.0 Å². The third-order valence-electron chi connectivity index (χ3n) is 5.53. The van der Waals surface area contributed by atoms with Gasteiger partial charge in [0.15, 0.2) is 11.5 Å². The maximum Gasteiger partial charge on any atom is 0.241 e. The Kier molecular flexibility index (Phi) is 7.35. The summed E-state index contributed by atoms with van der Waals surface area (Å²) in [7, 11) is 6.14. The number of rotatable bonds is 10. The Morgan fingerprint density at radius 3 is 2.36 bits per heavy atom. The van der Waals surface area contributed by atoms with Crippen LogP contribution < -0.4 is 30.0 Å². The smallest absolute Gasteiger partial charge is 0.241 e. The van der Waals surface area contributed by atoms with Crippen LogP contribution in [-0.2, 0) is 11.2 Å². The molecule has 2 aromatic heterocycles. The molecule has 0 fully saturated rings. The van der Waals surface area contributed by atoms with E-state index in [-0.39, 0.29) is 5.91 Å². The van der Waals surface area contributed by atoms with Crippen molar-refractivity contribution in [3.63, 3.8) is 0 Å². The molecule has 4 rings (SSSR count). The van der Waals surface area contributed by atoms with Crippen molar-refractivity contribution in [1.29, 1.82) is 0 Å². The Bertz CT molecular complexity index is 1310. The van der Waals surface area contributed by atoms with E-state index in [9.17, 15) is 4.79 Å². The van der Waals surface area contributed by atoms with E-state index < -0.39 is 6.04 Å². The first-order valence-electron chi connectivity index (χ1n) is 10.9. The molecule has 1 unspecified atom stereocenters. The van der Waals surface area contributed by atoms with E-state index in [0.29, 0.717) is 46.5 Å². The van der Waals surface area contributed by atoms with Crippen LogP contribution in [0, 0.1) is 0 Å². The van der Waals surface area contributed by atoms with Gasteiger partial charge < -0.3 is 35.0 Å². The molecular weight excluding hydrogens is 466 g/mol. The lowest BCUT2D eigenvalue weighted by Crippen LogP contribution is -2.37. The number of imidazole rings is 1. The monoisotopic (exact) mass is 493 g/mol. The first-order valence-corrected chi connectivity index (χ1v) is 10.9. The van der Waals surface area contributed by atoms with Crippen molar-refractivity contribution in [2.75, 3.05) is 33.8 Å². The second kappa shape index (κ2) is 10.8. The fourth-order valence-corrected chi connectivity index (χ4v) is 3.73. The molecule has 188 valence electrons. The van der Waals surface area contributed by atoms with Gasteiger partial charge in [0.1, 0.15) is 5.75 Å². The largest absolute Gasteiger partial charge is 0.495 e. The van der Waals surface area contributed by atoms with Crippen molar-refractivity contribution in [2.45, 2.75) is 12.5 Å². The van der Waals surface area contributed by atoms with Crippen molar-refractivity contribution in [3.05, 3.63) is 54.7 Å². The van der Waals surface area contributed by atoms with Gasteiger partial charge in [0.2, 0.25) is 11.7 Å². The van der Waals surface area contributed by atoms with Crippen LogP contribution in [0.25, 0.3) is 16.9 Å². The first-order chi connectivity index (χ1) is 17.5. The molecule has 1 atom stereocenters. The number of ether oxygens (including phenoxy) is 4. The highest BCUT2D eigenvalue weighted by atomic mass is 16.5. The predicted molar refractivity (Wildman–Crippen MR) is 132 cm³/mol. The number of hydrogen-bond acceptors (Lipinski definition) is 9. The highest BCUT2D eigenvalue weighted by Crippen LogP contribution is 2.40. The Balaban J connectivity index is 1.67. The average molecular weight is 494 g/mol. The summed E-state index contributed by atoms with van der Waals surface area (Å²) in [5, 5.41) is 11.2. The number of aromatic nitrogens is 5. The van der Waals surface area contributed by atoms with Gasteiger partial charge in [-0.2, -0.15) is 0 Å². The molecule has 0 spiro atoms. The highest BCUT2D eigenvalue weighted by molar-refractivity contribution is 5.96. The first kappa shape index (κ1) is 24.5. The van der Waals surface area contributed by atoms with Crippen molar-refractivity contribution in [2.24, 2.45) is 5.73 Å². The number of methoxy groups -OCH3 is 4. The van der Waals surface area contributed by atoms with Gasteiger partial charge in [-0.15, -0.1) is 5.10 Å². The number of carbonyl (C=O) groups is 1. The Morgan fingerprint density at radius 2 is 1.75 bits per heavy atom. The summed E-state index contributed by atoms with van der Waals surface area (Å²) >= 11 is 0. The van der Waals surface area contributed by atoms with Gasteiger partial charge in [-0.1, -0.05) is 5.21 Å². The van der Waals surface area contributed by atoms with Crippen molar-refractivity contribution in [3.8, 4) is 39.9 Å². The van der Waals surface area contributed by atoms with Crippen molar-refractivity contribution >= 4 is 11.6 Å². The normalized spacial score (nSPS) is 11.6. The minimum absolute atomic E-state index is 0.311. The summed E-state index contributed by atoms with van der Waals surface area (Å²) in [4.78, 5) is 19.7. The van der Waals surface area contributed by atoms with Crippen LogP contribution in [0.4, 0.5) is 5.69 Å². The van der Waals surface area contributed by atoms with Gasteiger partial charge in [0.05, 0.1) is 64.1 Å². The minimum Gasteiger partial charge on any atom is -0.495 e. The predicted octanol–water partition coefficient (Wildman–Crippen LogP) is 2.20. The molecule has 0 saturated carbocycles. The van der Waals surface area contributed by atoms with Gasteiger partial charge in [-0.25, -0.2) is 9.67 Å². The number of hydrogen-bond donors (Lipinski definition) is 3. The third-order valence-corrected chi connectivity index (χ3v) is 5.53. The van der Waals surface area contributed by atoms with Crippen LogP contribution in [0.1, 0.15) is 5.69 Å². The lowest BCUT2D eigenvalue weighted by molar-refractivity contribution is -0.117. The van der Waals surface area contributed by atoms with Crippen LogP contribution in [0.2, 0.25) is 0 Å². The summed E-state index contributed by atoms with van der Waals surface area (Å²) in [6.45, 7) is 0. The molecule has 12 heteroatoms. The second-order valence-electron chi connectivity index (χ2n) is 7.71. The number of amides is 1. The number of H-pyrrole nitrogens is 1. The zero-order valence-corrected chi connectivity index (χ0v) is 20.3. The zero-order valence-electron chi connectivity index (χ0n) is 20.3. The molecule has 2 aromatic carbocycles. The molecule has 36 heavy (non-hydrogen) atoms. The van der Waals surface area contributed by atoms with Gasteiger partial charge in [-0.3, -0.25) is 4.79 Å². The maximum absolute atomic E-state index is 12.8. The van der Waals surface area contributed by atoms with E-state index in [0.717, 1.165) is 11.3 Å². The lowest BCUT2D eigenvalue weighted by atomic mass is 10.1. The number of nitrogens with two attached hydrogens (primary N) is 1. The lowest BCUT2D eigenvalue weighted by Gasteiger charge is -2.16. The summed E-state index contributed by atoms with van der Waals surface area (Å²) in [6, 6.07) is 8.10. The number of aromatic amines is 1. The average Bonchev–Trinajstić information content (AvgIpc) is 3.60. The molecule has 0 aliphatic rings. The molecule has 0 radical (unpaired) electrons. The fourth-order valence-electron chi connectivity index (χ4n) is 3.73. The molecule has 0 bridgehead atoms. The van der Waals surface area contributed by atoms with Crippen LogP contribution in [-0.4, -0.2) is 65.4 Å². The van der Waals surface area contributed by atoms with Crippen LogP contribution in [0.3, 0.4) is 0 Å². The molecule has 0 saturated heterocycles. The van der Waals surface area contributed by atoms with E-state index in [4.69, 9.17) is 24.7 Å². The number of nitrogens with one attached hydrogen (secondary N) is 2. The zero-order chi connectivity index (χ0) is 25.7. The van der Waals surface area contributed by atoms with Crippen molar-refractivity contribution < 1.29 is 23.7 Å². The molecule has 12 nitrogen and oxygen atoms in total. The molecule has 4 N–H and O–H groups in total. The number of carbonyl (C=O) groups excluding carboxylic acids is 1. The van der Waals surface area contributed by atoms with Crippen LogP contribution >= 0.6 is 0 Å². The Hall–Kier alpha value is -4.58. The third kappa shape index (κ3) is 4.93. The summed E-state index contributed by atoms with van der Waals surface area (Å²) < 4.78 is 23.4. The van der Waals surface area contributed by atoms with E-state index >= 15 is 0 Å². The molecule has 0 aliphatic carbocycles. The van der Waals surface area contributed by atoms with Gasteiger partial charge in [0, 0.05) is 36.0 Å². The van der Waals surface area contributed by atoms with E-state index in [1.807, 2.05) is 6.07 Å². The van der Waals surface area contributed by atoms with Gasteiger partial charge in [0.25, 0.3) is 0 Å². The highest BCUT2D eigenvalue weighted by Gasteiger charge is 2.20. The van der Waals surface area contributed by atoms with E-state index in [2.05, 4.69) is 25.6 Å². The SMILES string of the molecule is COc1ccc(-c2cnnn2-c2cc(OC)c(OC)c(OC)c2)cc1NC(=O)C(N)Cc1cnc[nH]1. The van der Waals surface area contributed by atoms with E-state index in [1.165, 1.54) is 20.5 Å². The topological polar surface area (TPSA) is 151 Å². The minimum atomic E-state index is -0.787. The van der Waals surface area contributed by atoms with Gasteiger partial charge >= 0.3 is 0 Å². The Morgan fingerprint density at radius 1 is 1.03 bits per heavy atom. The molecule has 2 heterocycles. The van der Waals surface area contributed by atoms with Crippen molar-refractivity contribution in [1.82, 2.24) is 25.0 Å². The maximum atomic E-state index is 12.8. The standard InChI is InChI=1S/C24H27N7O5/c1-33-20-6-5-14(7-18(20)29-24(32)17(25)8-15-11-26-13-27-15)19-12-28-30-31(19)16-9-21(34-2)23(36-4)22(10-16)35-3/h5-7,9-13,17H,8,25H2,1-4H3,(H,26,27)(H,29,32). The summed E-state index contributed by atoms with van der Waals surface area (Å²) in [6.07, 6.45) is 5.09. The molecule has 0 aliphatic heterocycles. The second-order valence-corrected chi connectivity index (χ2v) is 7.71. The number of benzene rings is 2. The Labute approximate surface area is 207 Å². The quantitative estimate of drug-likeness (QED) is 0.302. The fraction of sp³-hybridized carbons (Fsp3) is 0.250. The number of nitrogens with zero attached hydrogens (tertiary/aromatic N) is 4. The summed E-state index contributed by atoms with van der Waals surface area (Å²) in [5.74, 6) is 1.53. The molecule has 1 amide bonds. The van der Waals surface area contributed by atoms with E-state index in [1.54, 1.807) is 55.6 Å². The molecule has 4 aromatic rings. The van der Waals surface area contributed by atoms with Crippen LogP contribution in [0.15, 0.2) is 49.1 Å². The summed E-state index contributed by atoms with van der Waals surface area (Å²) in [5.41, 5.74) is 9.34. The number of anilines is 1. The van der Waals surface area contributed by atoms with Gasteiger partial charge in [-0.05, 0) is 18.2 Å².